The fourth-order valence-electron chi connectivity index (χ4n) is 2.03. The summed E-state index contributed by atoms with van der Waals surface area (Å²) in [5.41, 5.74) is 1.14. The molecule has 0 fully saturated rings. The highest BCUT2D eigenvalue weighted by Gasteiger charge is 2.09. The van der Waals surface area contributed by atoms with Crippen LogP contribution in [0.5, 0.6) is 0 Å². The number of thiazole rings is 1. The van der Waals surface area contributed by atoms with Crippen LogP contribution >= 0.6 is 22.7 Å². The van der Waals surface area contributed by atoms with Crippen molar-refractivity contribution in [3.05, 3.63) is 38.5 Å². The molecule has 1 N–H and O–H groups in total. The van der Waals surface area contributed by atoms with Gasteiger partial charge >= 0.3 is 0 Å². The predicted molar refractivity (Wildman–Crippen MR) is 80.7 cm³/mol. The van der Waals surface area contributed by atoms with Crippen LogP contribution < -0.4 is 5.32 Å². The van der Waals surface area contributed by atoms with Gasteiger partial charge in [0.25, 0.3) is 0 Å². The molecule has 0 spiro atoms. The quantitative estimate of drug-likeness (QED) is 0.837. The van der Waals surface area contributed by atoms with Gasteiger partial charge in [-0.15, -0.1) is 22.7 Å². The number of thiophene rings is 1. The summed E-state index contributed by atoms with van der Waals surface area (Å²) in [6.07, 6.45) is 4.72. The SMILES string of the molecule is CNC(CCCc1cccs1)Cc1nc(C)cs1. The van der Waals surface area contributed by atoms with E-state index in [1.165, 1.54) is 29.1 Å². The summed E-state index contributed by atoms with van der Waals surface area (Å²) in [6, 6.07) is 4.91. The average molecular weight is 280 g/mol. The molecule has 1 unspecified atom stereocenters. The van der Waals surface area contributed by atoms with Crippen molar-refractivity contribution in [2.75, 3.05) is 7.05 Å². The molecule has 1 atom stereocenters. The summed E-state index contributed by atoms with van der Waals surface area (Å²) in [5.74, 6) is 0. The second kappa shape index (κ2) is 7.02. The van der Waals surface area contributed by atoms with Gasteiger partial charge < -0.3 is 5.32 Å². The first-order chi connectivity index (χ1) is 8.78. The van der Waals surface area contributed by atoms with Gasteiger partial charge in [-0.1, -0.05) is 6.07 Å². The molecule has 4 heteroatoms. The van der Waals surface area contributed by atoms with Crippen LogP contribution in [0.2, 0.25) is 0 Å². The maximum absolute atomic E-state index is 4.54. The number of nitrogens with zero attached hydrogens (tertiary/aromatic N) is 1. The minimum absolute atomic E-state index is 0.551. The molecular weight excluding hydrogens is 260 g/mol. The molecule has 2 nitrogen and oxygen atoms in total. The number of hydrogen-bond acceptors (Lipinski definition) is 4. The molecule has 18 heavy (non-hydrogen) atoms. The van der Waals surface area contributed by atoms with E-state index in [1.807, 2.05) is 11.3 Å². The molecular formula is C14H20N2S2. The highest BCUT2D eigenvalue weighted by atomic mass is 32.1. The van der Waals surface area contributed by atoms with Gasteiger partial charge in [-0.05, 0) is 44.7 Å². The Bertz CT molecular complexity index is 448. The second-order valence-corrected chi connectivity index (χ2v) is 6.52. The Morgan fingerprint density at radius 1 is 1.39 bits per heavy atom. The minimum atomic E-state index is 0.551. The Balaban J connectivity index is 1.75. The number of aryl methyl sites for hydroxylation is 2. The van der Waals surface area contributed by atoms with E-state index in [1.54, 1.807) is 11.3 Å². The third-order valence-corrected chi connectivity index (χ3v) is 4.98. The highest BCUT2D eigenvalue weighted by molar-refractivity contribution is 7.10. The monoisotopic (exact) mass is 280 g/mol. The third kappa shape index (κ3) is 4.19. The van der Waals surface area contributed by atoms with Crippen LogP contribution in [0.3, 0.4) is 0 Å². The lowest BCUT2D eigenvalue weighted by atomic mass is 10.1. The Hall–Kier alpha value is -0.710. The number of aromatic nitrogens is 1. The molecule has 0 aliphatic rings. The van der Waals surface area contributed by atoms with Crippen LogP contribution in [0.15, 0.2) is 22.9 Å². The fraction of sp³-hybridized carbons (Fsp3) is 0.500. The van der Waals surface area contributed by atoms with Gasteiger partial charge in [0, 0.05) is 28.4 Å². The molecule has 2 heterocycles. The molecule has 0 bridgehead atoms. The van der Waals surface area contributed by atoms with Gasteiger partial charge in [-0.3, -0.25) is 0 Å². The summed E-state index contributed by atoms with van der Waals surface area (Å²) >= 11 is 3.63. The fourth-order valence-corrected chi connectivity index (χ4v) is 3.64. The van der Waals surface area contributed by atoms with Crippen molar-refractivity contribution in [3.8, 4) is 0 Å². The van der Waals surface area contributed by atoms with E-state index in [0.717, 1.165) is 12.1 Å². The Morgan fingerprint density at radius 2 is 2.28 bits per heavy atom. The van der Waals surface area contributed by atoms with Gasteiger partial charge in [-0.25, -0.2) is 4.98 Å². The third-order valence-electron chi connectivity index (χ3n) is 3.05. The topological polar surface area (TPSA) is 24.9 Å². The van der Waals surface area contributed by atoms with Crippen molar-refractivity contribution < 1.29 is 0 Å². The van der Waals surface area contributed by atoms with E-state index in [-0.39, 0.29) is 0 Å². The average Bonchev–Trinajstić information content (AvgIpc) is 3.00. The van der Waals surface area contributed by atoms with Crippen LogP contribution in [-0.4, -0.2) is 18.1 Å². The van der Waals surface area contributed by atoms with E-state index in [4.69, 9.17) is 0 Å². The number of nitrogens with one attached hydrogen (secondary N) is 1. The van der Waals surface area contributed by atoms with Crippen LogP contribution in [0.4, 0.5) is 0 Å². The normalized spacial score (nSPS) is 12.8. The smallest absolute Gasteiger partial charge is 0.0943 e. The van der Waals surface area contributed by atoms with Crippen LogP contribution in [0.1, 0.15) is 28.4 Å². The first kappa shape index (κ1) is 13.7. The van der Waals surface area contributed by atoms with Gasteiger partial charge in [0.15, 0.2) is 0 Å². The standard InChI is InChI=1S/C14H20N2S2/c1-11-10-18-14(16-11)9-12(15-2)5-3-6-13-7-4-8-17-13/h4,7-8,10,12,15H,3,5-6,9H2,1-2H3. The first-order valence-corrected chi connectivity index (χ1v) is 8.14. The summed E-state index contributed by atoms with van der Waals surface area (Å²) in [4.78, 5) is 6.03. The predicted octanol–water partition coefficient (Wildman–Crippen LogP) is 3.67. The van der Waals surface area contributed by atoms with Crippen LogP contribution in [-0.2, 0) is 12.8 Å². The molecule has 0 amide bonds. The lowest BCUT2D eigenvalue weighted by molar-refractivity contribution is 0.502. The van der Waals surface area contributed by atoms with Crippen LogP contribution in [0.25, 0.3) is 0 Å². The zero-order valence-electron chi connectivity index (χ0n) is 11.0. The Kier molecular flexibility index (Phi) is 5.35. The molecule has 0 saturated heterocycles. The van der Waals surface area contributed by atoms with E-state index in [2.05, 4.69) is 47.2 Å². The molecule has 2 aromatic heterocycles. The van der Waals surface area contributed by atoms with Crippen molar-refractivity contribution >= 4 is 22.7 Å². The molecule has 0 aromatic carbocycles. The van der Waals surface area contributed by atoms with Crippen LogP contribution in [0, 0.1) is 6.92 Å². The van der Waals surface area contributed by atoms with Gasteiger partial charge in [0.1, 0.15) is 0 Å². The lowest BCUT2D eigenvalue weighted by Gasteiger charge is -2.14. The second-order valence-electron chi connectivity index (χ2n) is 4.54. The van der Waals surface area contributed by atoms with Crippen molar-refractivity contribution in [2.24, 2.45) is 0 Å². The molecule has 0 saturated carbocycles. The summed E-state index contributed by atoms with van der Waals surface area (Å²) < 4.78 is 0. The number of likely N-dealkylation sites (N-methyl/N-ethyl adjacent to an activating group) is 1. The van der Waals surface area contributed by atoms with Crippen molar-refractivity contribution in [3.63, 3.8) is 0 Å². The maximum atomic E-state index is 4.54. The van der Waals surface area contributed by atoms with Crippen molar-refractivity contribution in [1.29, 1.82) is 0 Å². The van der Waals surface area contributed by atoms with E-state index < -0.39 is 0 Å². The Labute approximate surface area is 117 Å². The summed E-state index contributed by atoms with van der Waals surface area (Å²) in [6.45, 7) is 2.06. The first-order valence-electron chi connectivity index (χ1n) is 6.38. The molecule has 0 aliphatic carbocycles. The summed E-state index contributed by atoms with van der Waals surface area (Å²) in [7, 11) is 2.05. The summed E-state index contributed by atoms with van der Waals surface area (Å²) in [5, 5.41) is 8.95. The molecule has 98 valence electrons. The lowest BCUT2D eigenvalue weighted by Crippen LogP contribution is -2.27. The molecule has 0 radical (unpaired) electrons. The molecule has 2 rings (SSSR count). The van der Waals surface area contributed by atoms with Crippen molar-refractivity contribution in [1.82, 2.24) is 10.3 Å². The van der Waals surface area contributed by atoms with E-state index >= 15 is 0 Å². The zero-order chi connectivity index (χ0) is 12.8. The molecule has 2 aromatic rings. The largest absolute Gasteiger partial charge is 0.317 e. The van der Waals surface area contributed by atoms with Gasteiger partial charge in [0.05, 0.1) is 5.01 Å². The highest BCUT2D eigenvalue weighted by Crippen LogP contribution is 2.16. The van der Waals surface area contributed by atoms with E-state index in [9.17, 15) is 0 Å². The molecule has 0 aliphatic heterocycles. The number of rotatable bonds is 7. The zero-order valence-corrected chi connectivity index (χ0v) is 12.6. The van der Waals surface area contributed by atoms with E-state index in [0.29, 0.717) is 6.04 Å². The number of hydrogen-bond donors (Lipinski definition) is 1. The van der Waals surface area contributed by atoms with Crippen molar-refractivity contribution in [2.45, 2.75) is 38.6 Å². The minimum Gasteiger partial charge on any atom is -0.317 e. The van der Waals surface area contributed by atoms with Gasteiger partial charge in [-0.2, -0.15) is 0 Å². The van der Waals surface area contributed by atoms with Gasteiger partial charge in [0.2, 0.25) is 0 Å². The maximum Gasteiger partial charge on any atom is 0.0943 e. The Morgan fingerprint density at radius 3 is 2.89 bits per heavy atom.